The van der Waals surface area contributed by atoms with Gasteiger partial charge in [0.1, 0.15) is 27.9 Å². The predicted molar refractivity (Wildman–Crippen MR) is 110 cm³/mol. The van der Waals surface area contributed by atoms with Crippen LogP contribution in [0.5, 0.6) is 5.75 Å². The zero-order valence-corrected chi connectivity index (χ0v) is 16.1. The number of rotatable bonds is 5. The van der Waals surface area contributed by atoms with Crippen molar-refractivity contribution >= 4 is 39.2 Å². The number of aromatic carboxylic acids is 1. The van der Waals surface area contributed by atoms with Crippen LogP contribution in [0.2, 0.25) is 0 Å². The van der Waals surface area contributed by atoms with Gasteiger partial charge >= 0.3 is 5.97 Å². The van der Waals surface area contributed by atoms with Crippen LogP contribution >= 0.6 is 11.3 Å². The smallest absolute Gasteiger partial charge is 0.346 e. The molecule has 1 aliphatic heterocycles. The Morgan fingerprint density at radius 2 is 2.14 bits per heavy atom. The molecule has 142 valence electrons. The molecule has 7 heteroatoms. The van der Waals surface area contributed by atoms with E-state index in [1.807, 2.05) is 30.3 Å². The first-order valence-corrected chi connectivity index (χ1v) is 9.63. The Morgan fingerprint density at radius 1 is 1.39 bits per heavy atom. The standard InChI is InChI=1S/C21H18N2O4S/c1-3-10-27-15-6-4-13(5-7-15)11-14-8-9-23-18(14)22-19-16(20(23)24)12(2)17(28-19)21(25)26/h3-7,11H,1,8-10H2,2H3,(H,25,26)/b14-11+. The van der Waals surface area contributed by atoms with Crippen LogP contribution in [0.25, 0.3) is 21.9 Å². The molecule has 0 aliphatic carbocycles. The maximum atomic E-state index is 12.9. The van der Waals surface area contributed by atoms with Crippen LogP contribution in [0.3, 0.4) is 0 Å². The van der Waals surface area contributed by atoms with Gasteiger partial charge in [0.05, 0.1) is 5.39 Å². The molecule has 0 radical (unpaired) electrons. The van der Waals surface area contributed by atoms with Crippen LogP contribution in [-0.4, -0.2) is 27.2 Å². The van der Waals surface area contributed by atoms with E-state index < -0.39 is 5.97 Å². The van der Waals surface area contributed by atoms with Gasteiger partial charge in [0.15, 0.2) is 0 Å². The molecule has 4 rings (SSSR count). The fourth-order valence-corrected chi connectivity index (χ4v) is 4.38. The lowest BCUT2D eigenvalue weighted by Crippen LogP contribution is -2.20. The summed E-state index contributed by atoms with van der Waals surface area (Å²) < 4.78 is 7.13. The number of thiophene rings is 1. The maximum Gasteiger partial charge on any atom is 0.346 e. The predicted octanol–water partition coefficient (Wildman–Crippen LogP) is 3.97. The van der Waals surface area contributed by atoms with Crippen LogP contribution in [0.15, 0.2) is 41.7 Å². The minimum absolute atomic E-state index is 0.169. The summed E-state index contributed by atoms with van der Waals surface area (Å²) in [5.41, 5.74) is 2.27. The third-order valence-corrected chi connectivity index (χ3v) is 5.90. The zero-order valence-electron chi connectivity index (χ0n) is 15.3. The minimum atomic E-state index is -1.03. The molecular weight excluding hydrogens is 376 g/mol. The number of aryl methyl sites for hydroxylation is 1. The van der Waals surface area contributed by atoms with Crippen molar-refractivity contribution in [1.82, 2.24) is 9.55 Å². The number of ether oxygens (including phenoxy) is 1. The van der Waals surface area contributed by atoms with Gasteiger partial charge in [0.25, 0.3) is 5.56 Å². The van der Waals surface area contributed by atoms with Gasteiger partial charge in [-0.2, -0.15) is 0 Å². The molecule has 0 fully saturated rings. The molecule has 3 aromatic rings. The number of benzene rings is 1. The lowest BCUT2D eigenvalue weighted by atomic mass is 10.1. The van der Waals surface area contributed by atoms with Crippen LogP contribution in [0, 0.1) is 6.92 Å². The Labute approximate surface area is 165 Å². The Balaban J connectivity index is 1.75. The Hall–Kier alpha value is -3.19. The molecular formula is C21H18N2O4S. The third kappa shape index (κ3) is 3.03. The Morgan fingerprint density at radius 3 is 2.82 bits per heavy atom. The molecule has 1 N–H and O–H groups in total. The average molecular weight is 394 g/mol. The van der Waals surface area contributed by atoms with Crippen LogP contribution in [0.4, 0.5) is 0 Å². The molecule has 3 heterocycles. The summed E-state index contributed by atoms with van der Waals surface area (Å²) in [5, 5.41) is 9.75. The van der Waals surface area contributed by atoms with Gasteiger partial charge < -0.3 is 9.84 Å². The van der Waals surface area contributed by atoms with E-state index in [4.69, 9.17) is 4.74 Å². The van der Waals surface area contributed by atoms with Crippen LogP contribution < -0.4 is 10.3 Å². The van der Waals surface area contributed by atoms with Crippen molar-refractivity contribution in [3.63, 3.8) is 0 Å². The average Bonchev–Trinajstić information content (AvgIpc) is 3.23. The summed E-state index contributed by atoms with van der Waals surface area (Å²) in [6, 6.07) is 7.66. The molecule has 0 saturated carbocycles. The minimum Gasteiger partial charge on any atom is -0.490 e. The summed E-state index contributed by atoms with van der Waals surface area (Å²) in [5.74, 6) is 0.349. The number of nitrogens with zero attached hydrogens (tertiary/aromatic N) is 2. The topological polar surface area (TPSA) is 81.4 Å². The van der Waals surface area contributed by atoms with Crippen molar-refractivity contribution in [2.45, 2.75) is 19.9 Å². The van der Waals surface area contributed by atoms with Crippen molar-refractivity contribution in [3.05, 3.63) is 69.1 Å². The number of aromatic nitrogens is 2. The summed E-state index contributed by atoms with van der Waals surface area (Å²) in [4.78, 5) is 29.6. The molecule has 0 amide bonds. The lowest BCUT2D eigenvalue weighted by molar-refractivity contribution is 0.0701. The first-order valence-electron chi connectivity index (χ1n) is 8.81. The molecule has 0 bridgehead atoms. The van der Waals surface area contributed by atoms with E-state index in [0.717, 1.165) is 28.2 Å². The van der Waals surface area contributed by atoms with Gasteiger partial charge in [-0.15, -0.1) is 11.3 Å². The first kappa shape index (κ1) is 18.2. The second kappa shape index (κ2) is 7.09. The van der Waals surface area contributed by atoms with Gasteiger partial charge in [0, 0.05) is 6.54 Å². The number of allylic oxidation sites excluding steroid dienone is 1. The van der Waals surface area contributed by atoms with Crippen molar-refractivity contribution in [2.24, 2.45) is 0 Å². The highest BCUT2D eigenvalue weighted by Gasteiger charge is 2.25. The maximum absolute atomic E-state index is 12.9. The molecule has 1 aromatic carbocycles. The van der Waals surface area contributed by atoms with Crippen molar-refractivity contribution in [2.75, 3.05) is 6.61 Å². The fraction of sp³-hybridized carbons (Fsp3) is 0.190. The fourth-order valence-electron chi connectivity index (χ4n) is 3.37. The number of carboxylic acids is 1. The molecule has 0 spiro atoms. The van der Waals surface area contributed by atoms with Gasteiger partial charge in [-0.05, 0) is 48.3 Å². The molecule has 1 aliphatic rings. The van der Waals surface area contributed by atoms with Crippen LogP contribution in [0.1, 0.15) is 33.0 Å². The molecule has 0 atom stereocenters. The lowest BCUT2D eigenvalue weighted by Gasteiger charge is -2.05. The largest absolute Gasteiger partial charge is 0.490 e. The first-order chi connectivity index (χ1) is 13.5. The van der Waals surface area contributed by atoms with E-state index in [1.165, 1.54) is 0 Å². The van der Waals surface area contributed by atoms with E-state index >= 15 is 0 Å². The van der Waals surface area contributed by atoms with Crippen LogP contribution in [-0.2, 0) is 6.54 Å². The molecule has 28 heavy (non-hydrogen) atoms. The Kier molecular flexibility index (Phi) is 4.60. The summed E-state index contributed by atoms with van der Waals surface area (Å²) in [7, 11) is 0. The number of hydrogen-bond donors (Lipinski definition) is 1. The number of carboxylic acid groups (broad SMARTS) is 1. The van der Waals surface area contributed by atoms with Gasteiger partial charge in [0.2, 0.25) is 0 Å². The normalized spacial score (nSPS) is 14.4. The van der Waals surface area contributed by atoms with Gasteiger partial charge in [-0.25, -0.2) is 9.78 Å². The van der Waals surface area contributed by atoms with Crippen molar-refractivity contribution in [1.29, 1.82) is 0 Å². The van der Waals surface area contributed by atoms with E-state index in [1.54, 1.807) is 17.6 Å². The second-order valence-corrected chi connectivity index (χ2v) is 7.52. The summed E-state index contributed by atoms with van der Waals surface area (Å²) >= 11 is 1.05. The van der Waals surface area contributed by atoms with Crippen molar-refractivity contribution in [3.8, 4) is 5.75 Å². The number of carbonyl (C=O) groups is 1. The number of fused-ring (bicyclic) bond motifs is 2. The molecule has 0 unspecified atom stereocenters. The van der Waals surface area contributed by atoms with E-state index in [9.17, 15) is 14.7 Å². The highest BCUT2D eigenvalue weighted by atomic mass is 32.1. The Bertz CT molecular complexity index is 1190. The second-order valence-electron chi connectivity index (χ2n) is 6.52. The highest BCUT2D eigenvalue weighted by molar-refractivity contribution is 7.20. The summed E-state index contributed by atoms with van der Waals surface area (Å²) in [6.07, 6.45) is 4.41. The van der Waals surface area contributed by atoms with Gasteiger partial charge in [-0.3, -0.25) is 9.36 Å². The van der Waals surface area contributed by atoms with Gasteiger partial charge in [-0.1, -0.05) is 24.8 Å². The zero-order chi connectivity index (χ0) is 19.8. The molecule has 6 nitrogen and oxygen atoms in total. The van der Waals surface area contributed by atoms with E-state index in [2.05, 4.69) is 11.6 Å². The summed E-state index contributed by atoms with van der Waals surface area (Å²) in [6.45, 7) is 6.29. The van der Waals surface area contributed by atoms with Crippen molar-refractivity contribution < 1.29 is 14.6 Å². The monoisotopic (exact) mass is 394 g/mol. The van der Waals surface area contributed by atoms with E-state index in [0.29, 0.717) is 41.2 Å². The number of hydrogen-bond acceptors (Lipinski definition) is 5. The SMILES string of the molecule is C=CCOc1ccc(/C=C2\CCn3c2nc2sc(C(=O)O)c(C)c2c3=O)cc1. The van der Waals surface area contributed by atoms with E-state index in [-0.39, 0.29) is 10.4 Å². The quantitative estimate of drug-likeness (QED) is 0.662. The third-order valence-electron chi connectivity index (χ3n) is 4.73. The molecule has 0 saturated heterocycles. The molecule has 2 aromatic heterocycles. The highest BCUT2D eigenvalue weighted by Crippen LogP contribution is 2.32.